The van der Waals surface area contributed by atoms with E-state index in [4.69, 9.17) is 11.6 Å². The van der Waals surface area contributed by atoms with Gasteiger partial charge in [-0.25, -0.2) is 8.42 Å². The van der Waals surface area contributed by atoms with E-state index in [1.54, 1.807) is 24.1 Å². The summed E-state index contributed by atoms with van der Waals surface area (Å²) < 4.78 is 21.9. The van der Waals surface area contributed by atoms with Crippen LogP contribution in [0.5, 0.6) is 0 Å². The van der Waals surface area contributed by atoms with Crippen molar-refractivity contribution >= 4 is 27.3 Å². The van der Waals surface area contributed by atoms with Crippen molar-refractivity contribution in [1.82, 2.24) is 10.2 Å². The second-order valence-electron chi connectivity index (χ2n) is 3.27. The molecule has 15 heavy (non-hydrogen) atoms. The van der Waals surface area contributed by atoms with Gasteiger partial charge in [0.2, 0.25) is 0 Å². The number of rotatable bonds is 4. The maximum atomic E-state index is 10.9. The molecule has 5 nitrogen and oxygen atoms in total. The van der Waals surface area contributed by atoms with Crippen LogP contribution in [0.25, 0.3) is 0 Å². The Kier molecular flexibility index (Phi) is 3.87. The Hall–Kier alpha value is -0.880. The van der Waals surface area contributed by atoms with Crippen molar-refractivity contribution in [3.8, 4) is 0 Å². The number of aromatic nitrogens is 2. The molecule has 0 atom stereocenters. The van der Waals surface area contributed by atoms with Gasteiger partial charge in [-0.05, 0) is 12.1 Å². The molecule has 1 heterocycles. The summed E-state index contributed by atoms with van der Waals surface area (Å²) in [4.78, 5) is 1.71. The third-order valence-corrected chi connectivity index (χ3v) is 2.93. The van der Waals surface area contributed by atoms with Gasteiger partial charge in [-0.2, -0.15) is 0 Å². The molecule has 0 aliphatic carbocycles. The van der Waals surface area contributed by atoms with Crippen LogP contribution in [0.1, 0.15) is 0 Å². The van der Waals surface area contributed by atoms with E-state index in [0.29, 0.717) is 17.5 Å². The van der Waals surface area contributed by atoms with Gasteiger partial charge in [0.15, 0.2) is 11.0 Å². The van der Waals surface area contributed by atoms with Crippen LogP contribution in [0.2, 0.25) is 5.15 Å². The summed E-state index contributed by atoms with van der Waals surface area (Å²) in [6.45, 7) is 0.384. The summed E-state index contributed by atoms with van der Waals surface area (Å²) in [6.07, 6.45) is 1.20. The molecule has 0 saturated carbocycles. The van der Waals surface area contributed by atoms with Crippen LogP contribution in [0.3, 0.4) is 0 Å². The lowest BCUT2D eigenvalue weighted by Gasteiger charge is -2.16. The quantitative estimate of drug-likeness (QED) is 0.783. The third kappa shape index (κ3) is 4.44. The molecule has 0 aromatic carbocycles. The Bertz CT molecular complexity index is 418. The molecule has 0 amide bonds. The molecule has 7 heteroatoms. The molecule has 0 aliphatic heterocycles. The lowest BCUT2D eigenvalue weighted by atomic mass is 10.5. The van der Waals surface area contributed by atoms with Crippen molar-refractivity contribution in [2.75, 3.05) is 30.5 Å². The van der Waals surface area contributed by atoms with Crippen LogP contribution in [-0.2, 0) is 9.84 Å². The smallest absolute Gasteiger partial charge is 0.151 e. The van der Waals surface area contributed by atoms with Crippen LogP contribution in [0, 0.1) is 0 Å². The van der Waals surface area contributed by atoms with Crippen LogP contribution < -0.4 is 4.90 Å². The van der Waals surface area contributed by atoms with Gasteiger partial charge in [0.05, 0.1) is 5.75 Å². The minimum atomic E-state index is -2.95. The van der Waals surface area contributed by atoms with E-state index in [9.17, 15) is 8.42 Å². The lowest BCUT2D eigenvalue weighted by molar-refractivity contribution is 0.601. The number of nitrogens with zero attached hydrogens (tertiary/aromatic N) is 3. The number of hydrogen-bond donors (Lipinski definition) is 0. The third-order valence-electron chi connectivity index (χ3n) is 1.81. The zero-order chi connectivity index (χ0) is 11.5. The molecule has 0 aliphatic rings. The lowest BCUT2D eigenvalue weighted by Crippen LogP contribution is -2.25. The molecular weight excluding hydrogens is 238 g/mol. The van der Waals surface area contributed by atoms with E-state index in [-0.39, 0.29) is 5.75 Å². The molecule has 1 rings (SSSR count). The van der Waals surface area contributed by atoms with Gasteiger partial charge in [0.1, 0.15) is 9.84 Å². The molecule has 0 bridgehead atoms. The van der Waals surface area contributed by atoms with E-state index < -0.39 is 9.84 Å². The molecule has 0 unspecified atom stereocenters. The van der Waals surface area contributed by atoms with E-state index in [0.717, 1.165) is 0 Å². The van der Waals surface area contributed by atoms with Crippen LogP contribution in [-0.4, -0.2) is 44.2 Å². The molecule has 1 aromatic rings. The van der Waals surface area contributed by atoms with E-state index in [1.165, 1.54) is 6.26 Å². The van der Waals surface area contributed by atoms with Gasteiger partial charge in [-0.3, -0.25) is 0 Å². The number of halogens is 1. The minimum Gasteiger partial charge on any atom is -0.357 e. The molecule has 84 valence electrons. The molecule has 0 spiro atoms. The molecule has 0 radical (unpaired) electrons. The zero-order valence-corrected chi connectivity index (χ0v) is 10.1. The van der Waals surface area contributed by atoms with Crippen molar-refractivity contribution in [3.05, 3.63) is 17.3 Å². The molecule has 1 aromatic heterocycles. The summed E-state index contributed by atoms with van der Waals surface area (Å²) in [6, 6.07) is 3.30. The largest absolute Gasteiger partial charge is 0.357 e. The zero-order valence-electron chi connectivity index (χ0n) is 8.51. The van der Waals surface area contributed by atoms with E-state index in [1.807, 2.05) is 0 Å². The monoisotopic (exact) mass is 249 g/mol. The first-order valence-electron chi connectivity index (χ1n) is 4.26. The summed E-state index contributed by atoms with van der Waals surface area (Å²) >= 11 is 5.58. The van der Waals surface area contributed by atoms with Crippen LogP contribution >= 0.6 is 11.6 Å². The van der Waals surface area contributed by atoms with Gasteiger partial charge in [-0.15, -0.1) is 10.2 Å². The first-order valence-corrected chi connectivity index (χ1v) is 6.70. The maximum absolute atomic E-state index is 10.9. The highest BCUT2D eigenvalue weighted by Crippen LogP contribution is 2.09. The Balaban J connectivity index is 2.61. The van der Waals surface area contributed by atoms with Gasteiger partial charge in [-0.1, -0.05) is 11.6 Å². The average Bonchev–Trinajstić information content (AvgIpc) is 2.14. The highest BCUT2D eigenvalue weighted by molar-refractivity contribution is 7.90. The number of hydrogen-bond acceptors (Lipinski definition) is 5. The van der Waals surface area contributed by atoms with Gasteiger partial charge in [0, 0.05) is 19.8 Å². The molecule has 0 fully saturated rings. The first kappa shape index (κ1) is 12.2. The molecule has 0 saturated heterocycles. The van der Waals surface area contributed by atoms with Crippen LogP contribution in [0.15, 0.2) is 12.1 Å². The fraction of sp³-hybridized carbons (Fsp3) is 0.500. The average molecular weight is 250 g/mol. The summed E-state index contributed by atoms with van der Waals surface area (Å²) in [7, 11) is -1.20. The normalized spacial score (nSPS) is 11.4. The second kappa shape index (κ2) is 4.76. The van der Waals surface area contributed by atoms with Crippen molar-refractivity contribution in [3.63, 3.8) is 0 Å². The minimum absolute atomic E-state index is 0.0911. The Morgan fingerprint density at radius 3 is 2.53 bits per heavy atom. The van der Waals surface area contributed by atoms with E-state index >= 15 is 0 Å². The summed E-state index contributed by atoms with van der Waals surface area (Å²) in [5.41, 5.74) is 0. The topological polar surface area (TPSA) is 63.2 Å². The predicted octanol–water partition coefficient (Wildman–Crippen LogP) is 0.611. The van der Waals surface area contributed by atoms with Crippen LogP contribution in [0.4, 0.5) is 5.82 Å². The molecule has 0 N–H and O–H groups in total. The van der Waals surface area contributed by atoms with Crippen molar-refractivity contribution in [2.24, 2.45) is 0 Å². The van der Waals surface area contributed by atoms with Gasteiger partial charge >= 0.3 is 0 Å². The van der Waals surface area contributed by atoms with E-state index in [2.05, 4.69) is 10.2 Å². The fourth-order valence-electron chi connectivity index (χ4n) is 0.930. The number of sulfone groups is 1. The second-order valence-corrected chi connectivity index (χ2v) is 5.91. The first-order chi connectivity index (χ1) is 6.88. The van der Waals surface area contributed by atoms with Crippen molar-refractivity contribution in [2.45, 2.75) is 0 Å². The Morgan fingerprint density at radius 2 is 2.07 bits per heavy atom. The Labute approximate surface area is 94.0 Å². The SMILES string of the molecule is CN(CCS(C)(=O)=O)c1ccc(Cl)nn1. The summed E-state index contributed by atoms with van der Waals surface area (Å²) in [5.74, 6) is 0.691. The van der Waals surface area contributed by atoms with Crippen molar-refractivity contribution in [1.29, 1.82) is 0 Å². The van der Waals surface area contributed by atoms with Crippen molar-refractivity contribution < 1.29 is 8.42 Å². The Morgan fingerprint density at radius 1 is 1.40 bits per heavy atom. The maximum Gasteiger partial charge on any atom is 0.151 e. The predicted molar refractivity (Wildman–Crippen MR) is 60.0 cm³/mol. The van der Waals surface area contributed by atoms with Gasteiger partial charge in [0.25, 0.3) is 0 Å². The fourth-order valence-corrected chi connectivity index (χ4v) is 1.64. The molecular formula is C8H12ClN3O2S. The highest BCUT2D eigenvalue weighted by atomic mass is 35.5. The summed E-state index contributed by atoms with van der Waals surface area (Å²) in [5, 5.41) is 7.81. The standard InChI is InChI=1S/C8H12ClN3O2S/c1-12(5-6-15(2,13)14)8-4-3-7(9)10-11-8/h3-4H,5-6H2,1-2H3. The van der Waals surface area contributed by atoms with Gasteiger partial charge < -0.3 is 4.90 Å². The number of anilines is 1. The highest BCUT2D eigenvalue weighted by Gasteiger charge is 2.07.